The molecule has 0 aliphatic rings. The van der Waals surface area contributed by atoms with Crippen LogP contribution in [-0.4, -0.2) is 32.6 Å². The smallest absolute Gasteiger partial charge is 0.174 e. The summed E-state index contributed by atoms with van der Waals surface area (Å²) in [5.74, 6) is 0. The molecule has 0 aromatic rings. The third-order valence-corrected chi connectivity index (χ3v) is 5.24. The SMILES string of the molecule is CCCC(CCC)=N[N-]C(=[SH+])SC.CCCC(CCC)=N[N-]C(=[SH+])SC.[Zn]. The summed E-state index contributed by atoms with van der Waals surface area (Å²) >= 11 is 11.3. The van der Waals surface area contributed by atoms with Gasteiger partial charge in [0, 0.05) is 19.5 Å². The van der Waals surface area contributed by atoms with Crippen LogP contribution >= 0.6 is 23.5 Å². The molecule has 0 aliphatic heterocycles. The van der Waals surface area contributed by atoms with Gasteiger partial charge in [0.2, 0.25) is 0 Å². The average Bonchev–Trinajstić information content (AvgIpc) is 2.64. The molecule has 9 heteroatoms. The van der Waals surface area contributed by atoms with E-state index in [0.717, 1.165) is 60.0 Å². The van der Waals surface area contributed by atoms with Crippen molar-refractivity contribution >= 4 is 68.0 Å². The second-order valence-corrected chi connectivity index (χ2v) is 8.55. The van der Waals surface area contributed by atoms with Crippen molar-refractivity contribution in [3.05, 3.63) is 10.9 Å². The molecule has 0 rings (SSSR count). The van der Waals surface area contributed by atoms with Crippen LogP contribution in [0, 0.1) is 0 Å². The van der Waals surface area contributed by atoms with Crippen LogP contribution in [0.3, 0.4) is 0 Å². The molecule has 0 bridgehead atoms. The van der Waals surface area contributed by atoms with Crippen LogP contribution < -0.4 is 0 Å². The summed E-state index contributed by atoms with van der Waals surface area (Å²) in [6, 6.07) is 0. The Morgan fingerprint density at radius 1 is 0.667 bits per heavy atom. The first kappa shape index (κ1) is 32.1. The molecular weight excluding hydrogens is 466 g/mol. The largest absolute Gasteiger partial charge is 0.520 e. The number of nitrogens with zero attached hydrogens (tertiary/aromatic N) is 4. The molecule has 0 unspecified atom stereocenters. The fraction of sp³-hybridized carbons (Fsp3) is 0.778. The maximum Gasteiger partial charge on any atom is 0.174 e. The van der Waals surface area contributed by atoms with Gasteiger partial charge in [-0.2, -0.15) is 0 Å². The summed E-state index contributed by atoms with van der Waals surface area (Å²) in [5, 5.41) is 8.36. The number of hydrogen-bond acceptors (Lipinski definition) is 4. The zero-order valence-corrected chi connectivity index (χ0v) is 24.3. The summed E-state index contributed by atoms with van der Waals surface area (Å²) in [4.78, 5) is 0. The first-order valence-corrected chi connectivity index (χ1v) is 12.6. The molecule has 0 spiro atoms. The zero-order chi connectivity index (χ0) is 20.2. The van der Waals surface area contributed by atoms with E-state index in [9.17, 15) is 0 Å². The molecule has 0 N–H and O–H groups in total. The Morgan fingerprint density at radius 2 is 0.926 bits per heavy atom. The standard InChI is InChI=1S/2C9H18N2S2.Zn/c2*1-4-6-8(7-5-2)10-11-9(12)13-3;/h2*4-7H2,1-3H3,(H,11,12);. The molecule has 0 heterocycles. The van der Waals surface area contributed by atoms with Gasteiger partial charge < -0.3 is 21.1 Å². The Labute approximate surface area is 199 Å². The monoisotopic (exact) mass is 500 g/mol. The van der Waals surface area contributed by atoms with Crippen molar-refractivity contribution in [3.63, 3.8) is 0 Å². The van der Waals surface area contributed by atoms with Crippen molar-refractivity contribution in [2.45, 2.75) is 79.1 Å². The molecule has 154 valence electrons. The van der Waals surface area contributed by atoms with E-state index in [-0.39, 0.29) is 19.5 Å². The molecule has 0 aliphatic carbocycles. The second-order valence-electron chi connectivity index (χ2n) is 5.51. The molecule has 27 heavy (non-hydrogen) atoms. The fourth-order valence-electron chi connectivity index (χ4n) is 1.91. The van der Waals surface area contributed by atoms with Crippen LogP contribution in [0.2, 0.25) is 0 Å². The van der Waals surface area contributed by atoms with Gasteiger partial charge in [-0.15, -0.1) is 0 Å². The van der Waals surface area contributed by atoms with Gasteiger partial charge >= 0.3 is 0 Å². The van der Waals surface area contributed by atoms with Crippen molar-refractivity contribution in [1.29, 1.82) is 0 Å². The zero-order valence-electron chi connectivity index (χ0n) is 17.9. The van der Waals surface area contributed by atoms with Gasteiger partial charge in [0.25, 0.3) is 0 Å². The van der Waals surface area contributed by atoms with Crippen LogP contribution in [0.25, 0.3) is 10.9 Å². The quantitative estimate of drug-likeness (QED) is 0.0908. The molecule has 0 radical (unpaired) electrons. The normalized spacial score (nSPS) is 9.11. The Morgan fingerprint density at radius 3 is 1.11 bits per heavy atom. The van der Waals surface area contributed by atoms with Gasteiger partial charge in [0.1, 0.15) is 0 Å². The third-order valence-electron chi connectivity index (χ3n) is 3.07. The van der Waals surface area contributed by atoms with Crippen LogP contribution in [0.15, 0.2) is 10.2 Å². The predicted octanol–water partition coefficient (Wildman–Crippen LogP) is 6.09. The van der Waals surface area contributed by atoms with E-state index in [2.05, 4.69) is 73.2 Å². The van der Waals surface area contributed by atoms with E-state index < -0.39 is 0 Å². The Hall–Kier alpha value is 0.443. The maximum atomic E-state index is 4.18. The summed E-state index contributed by atoms with van der Waals surface area (Å²) in [6.45, 7) is 8.63. The number of thioether (sulfide) groups is 2. The van der Waals surface area contributed by atoms with Crippen LogP contribution in [0.1, 0.15) is 79.1 Å². The van der Waals surface area contributed by atoms with Crippen LogP contribution in [0.5, 0.6) is 0 Å². The molecule has 0 aromatic heterocycles. The van der Waals surface area contributed by atoms with Gasteiger partial charge in [-0.25, -0.2) is 0 Å². The summed E-state index contributed by atoms with van der Waals surface area (Å²) < 4.78 is 1.45. The summed E-state index contributed by atoms with van der Waals surface area (Å²) in [5.41, 5.74) is 10.4. The molecule has 4 nitrogen and oxygen atoms in total. The second kappa shape index (κ2) is 24.5. The minimum absolute atomic E-state index is 0. The predicted molar refractivity (Wildman–Crippen MR) is 136 cm³/mol. The van der Waals surface area contributed by atoms with Gasteiger partial charge in [-0.3, -0.25) is 0 Å². The minimum Gasteiger partial charge on any atom is -0.520 e. The van der Waals surface area contributed by atoms with Crippen molar-refractivity contribution in [3.8, 4) is 0 Å². The van der Waals surface area contributed by atoms with Crippen molar-refractivity contribution < 1.29 is 19.5 Å². The van der Waals surface area contributed by atoms with Crippen LogP contribution in [-0.2, 0) is 43.9 Å². The van der Waals surface area contributed by atoms with E-state index in [1.54, 1.807) is 0 Å². The van der Waals surface area contributed by atoms with Crippen molar-refractivity contribution in [1.82, 2.24) is 0 Å². The Bertz CT molecular complexity index is 387. The molecular formula is C18H36N4S4Zn. The van der Waals surface area contributed by atoms with Gasteiger partial charge in [-0.1, -0.05) is 76.9 Å². The summed E-state index contributed by atoms with van der Waals surface area (Å²) in [7, 11) is 0. The Kier molecular flexibility index (Phi) is 29.1. The summed E-state index contributed by atoms with van der Waals surface area (Å²) in [6.07, 6.45) is 12.6. The van der Waals surface area contributed by atoms with Crippen molar-refractivity contribution in [2.24, 2.45) is 10.2 Å². The van der Waals surface area contributed by atoms with Crippen LogP contribution in [0.4, 0.5) is 0 Å². The first-order chi connectivity index (χ1) is 12.5. The topological polar surface area (TPSA) is 52.9 Å². The molecule has 0 saturated carbocycles. The van der Waals surface area contributed by atoms with Crippen molar-refractivity contribution in [2.75, 3.05) is 12.5 Å². The average molecular weight is 502 g/mol. The third kappa shape index (κ3) is 22.6. The minimum atomic E-state index is 0. The van der Waals surface area contributed by atoms with E-state index in [1.807, 2.05) is 12.5 Å². The first-order valence-electron chi connectivity index (χ1n) is 9.21. The Balaban J connectivity index is -0.000000411. The maximum absolute atomic E-state index is 4.18. The van der Waals surface area contributed by atoms with E-state index in [4.69, 9.17) is 0 Å². The molecule has 0 aromatic carbocycles. The number of rotatable bonds is 10. The molecule has 0 atom stereocenters. The van der Waals surface area contributed by atoms with Gasteiger partial charge in [0.15, 0.2) is 33.1 Å². The number of hydrogen-bond donors (Lipinski definition) is 0. The van der Waals surface area contributed by atoms with Gasteiger partial charge in [-0.05, 0) is 49.6 Å². The van der Waals surface area contributed by atoms with E-state index in [0.29, 0.717) is 0 Å². The van der Waals surface area contributed by atoms with E-state index >= 15 is 0 Å². The molecule has 0 fully saturated rings. The molecule has 0 saturated heterocycles. The molecule has 0 amide bonds. The number of thiol groups is 2. The van der Waals surface area contributed by atoms with E-state index in [1.165, 1.54) is 34.9 Å². The van der Waals surface area contributed by atoms with Gasteiger partial charge in [0.05, 0.1) is 0 Å². The fourth-order valence-corrected chi connectivity index (χ4v) is 2.25.